The second kappa shape index (κ2) is 8.61. The number of hydrogen-bond acceptors (Lipinski definition) is 8. The topological polar surface area (TPSA) is 96.3 Å². The summed E-state index contributed by atoms with van der Waals surface area (Å²) in [6.07, 6.45) is 11.1. The molecular formula is C22H28N8OS. The predicted molar refractivity (Wildman–Crippen MR) is 125 cm³/mol. The molecule has 5 rings (SSSR count). The Bertz CT molecular complexity index is 1200. The Labute approximate surface area is 191 Å². The van der Waals surface area contributed by atoms with Crippen molar-refractivity contribution in [2.45, 2.75) is 45.2 Å². The molecule has 0 aromatic carbocycles. The number of H-pyrrole nitrogens is 1. The number of aromatic amines is 1. The molecule has 32 heavy (non-hydrogen) atoms. The summed E-state index contributed by atoms with van der Waals surface area (Å²) in [6.45, 7) is 6.92. The number of ether oxygens (including phenoxy) is 1. The molecule has 0 radical (unpaired) electrons. The Morgan fingerprint density at radius 1 is 1.31 bits per heavy atom. The lowest BCUT2D eigenvalue weighted by molar-refractivity contribution is -0.0106. The van der Waals surface area contributed by atoms with Crippen molar-refractivity contribution in [2.75, 3.05) is 25.6 Å². The number of hydrogen-bond donors (Lipinski definition) is 2. The molecule has 1 fully saturated rings. The van der Waals surface area contributed by atoms with Gasteiger partial charge in [-0.1, -0.05) is 6.42 Å². The van der Waals surface area contributed by atoms with Gasteiger partial charge in [0.25, 0.3) is 0 Å². The lowest BCUT2D eigenvalue weighted by Gasteiger charge is -2.44. The summed E-state index contributed by atoms with van der Waals surface area (Å²) in [4.78, 5) is 11.8. The van der Waals surface area contributed by atoms with Crippen LogP contribution in [0.5, 0.6) is 0 Å². The van der Waals surface area contributed by atoms with E-state index in [0.29, 0.717) is 0 Å². The minimum atomic E-state index is 0.0633. The van der Waals surface area contributed by atoms with Crippen LogP contribution in [0.2, 0.25) is 0 Å². The van der Waals surface area contributed by atoms with Crippen LogP contribution in [-0.2, 0) is 11.3 Å². The molecule has 9 nitrogen and oxygen atoms in total. The molecule has 0 spiro atoms. The van der Waals surface area contributed by atoms with E-state index in [-0.39, 0.29) is 5.54 Å². The molecule has 1 aliphatic rings. The van der Waals surface area contributed by atoms with Gasteiger partial charge in [-0.05, 0) is 50.8 Å². The van der Waals surface area contributed by atoms with Crippen molar-refractivity contribution in [1.29, 1.82) is 0 Å². The first-order valence-electron chi connectivity index (χ1n) is 10.9. The summed E-state index contributed by atoms with van der Waals surface area (Å²) >= 11 is 1.45. The van der Waals surface area contributed by atoms with Crippen molar-refractivity contribution in [1.82, 2.24) is 33.8 Å². The number of imidazole rings is 1. The molecule has 1 atom stereocenters. The standard InChI is InChI=1S/C22H28N8OS/c1-15-12-30-18(16-9-24-25-10-16)11-23-21(30)20(26-15)27-19-8-17(28-32-19)13-29-7-5-4-6-22(29,2)14-31-3/h8-12H,4-7,13-14H2,1-3H3,(H,24,25)(H,26,27). The molecule has 0 bridgehead atoms. The average Bonchev–Trinajstić information content (AvgIpc) is 3.51. The zero-order chi connectivity index (χ0) is 22.1. The van der Waals surface area contributed by atoms with Crippen molar-refractivity contribution in [3.05, 3.63) is 42.2 Å². The minimum absolute atomic E-state index is 0.0633. The van der Waals surface area contributed by atoms with Crippen molar-refractivity contribution in [3.8, 4) is 11.3 Å². The van der Waals surface area contributed by atoms with Crippen LogP contribution < -0.4 is 5.32 Å². The van der Waals surface area contributed by atoms with Crippen molar-refractivity contribution in [2.24, 2.45) is 0 Å². The number of fused-ring (bicyclic) bond motifs is 1. The lowest BCUT2D eigenvalue weighted by atomic mass is 9.89. The van der Waals surface area contributed by atoms with Gasteiger partial charge in [0.05, 0.1) is 36.1 Å². The van der Waals surface area contributed by atoms with Gasteiger partial charge in [-0.2, -0.15) is 9.47 Å². The highest BCUT2D eigenvalue weighted by atomic mass is 32.1. The zero-order valence-corrected chi connectivity index (χ0v) is 19.4. The Balaban J connectivity index is 1.38. The Morgan fingerprint density at radius 2 is 2.22 bits per heavy atom. The van der Waals surface area contributed by atoms with Gasteiger partial charge >= 0.3 is 0 Å². The fourth-order valence-corrected chi connectivity index (χ4v) is 5.19. The van der Waals surface area contributed by atoms with E-state index in [2.05, 4.69) is 38.4 Å². The SMILES string of the molecule is COCC1(C)CCCCN1Cc1cc(Nc2nc(C)cn3c(-c4cn[nH]c4)cnc23)sn1. The second-order valence-electron chi connectivity index (χ2n) is 8.67. The van der Waals surface area contributed by atoms with Crippen LogP contribution in [0.25, 0.3) is 16.9 Å². The highest BCUT2D eigenvalue weighted by molar-refractivity contribution is 7.10. The molecule has 1 unspecified atom stereocenters. The Morgan fingerprint density at radius 3 is 3.03 bits per heavy atom. The summed E-state index contributed by atoms with van der Waals surface area (Å²) in [6, 6.07) is 2.12. The number of anilines is 2. The van der Waals surface area contributed by atoms with Crippen molar-refractivity contribution >= 4 is 28.0 Å². The lowest BCUT2D eigenvalue weighted by Crippen LogP contribution is -2.52. The van der Waals surface area contributed by atoms with Crippen LogP contribution in [0.4, 0.5) is 10.8 Å². The number of rotatable bonds is 7. The largest absolute Gasteiger partial charge is 0.383 e. The molecule has 2 N–H and O–H groups in total. The Kier molecular flexibility index (Phi) is 5.66. The smallest absolute Gasteiger partial charge is 0.180 e. The fourth-order valence-electron chi connectivity index (χ4n) is 4.54. The van der Waals surface area contributed by atoms with Gasteiger partial charge in [0, 0.05) is 37.2 Å². The second-order valence-corrected chi connectivity index (χ2v) is 9.48. The van der Waals surface area contributed by atoms with E-state index in [1.165, 1.54) is 24.4 Å². The molecule has 4 aromatic rings. The van der Waals surface area contributed by atoms with Crippen LogP contribution in [0, 0.1) is 6.92 Å². The van der Waals surface area contributed by atoms with Gasteiger partial charge < -0.3 is 10.1 Å². The number of nitrogens with one attached hydrogen (secondary N) is 2. The number of aromatic nitrogens is 6. The third kappa shape index (κ3) is 4.01. The number of aryl methyl sites for hydroxylation is 1. The van der Waals surface area contributed by atoms with Gasteiger partial charge in [-0.25, -0.2) is 9.97 Å². The molecule has 1 saturated heterocycles. The number of likely N-dealkylation sites (tertiary alicyclic amines) is 1. The summed E-state index contributed by atoms with van der Waals surface area (Å²) in [5, 5.41) is 11.3. The Hall–Kier alpha value is -2.82. The van der Waals surface area contributed by atoms with Gasteiger partial charge in [-0.15, -0.1) is 0 Å². The number of nitrogens with zero attached hydrogens (tertiary/aromatic N) is 6. The number of piperidine rings is 1. The van der Waals surface area contributed by atoms with E-state index in [1.807, 2.05) is 29.9 Å². The average molecular weight is 453 g/mol. The molecule has 0 amide bonds. The van der Waals surface area contributed by atoms with E-state index in [4.69, 9.17) is 14.1 Å². The molecule has 0 saturated carbocycles. The third-order valence-electron chi connectivity index (χ3n) is 6.17. The van der Waals surface area contributed by atoms with Gasteiger partial charge in [0.15, 0.2) is 11.5 Å². The van der Waals surface area contributed by atoms with Gasteiger partial charge in [0.1, 0.15) is 5.00 Å². The summed E-state index contributed by atoms with van der Waals surface area (Å²) in [5.74, 6) is 0.720. The van der Waals surface area contributed by atoms with E-state index in [1.54, 1.807) is 13.3 Å². The molecule has 168 valence electrons. The highest BCUT2D eigenvalue weighted by Gasteiger charge is 2.34. The van der Waals surface area contributed by atoms with Gasteiger partial charge in [-0.3, -0.25) is 14.4 Å². The fraction of sp³-hybridized carbons (Fsp3) is 0.455. The quantitative estimate of drug-likeness (QED) is 0.437. The van der Waals surface area contributed by atoms with Crippen LogP contribution >= 0.6 is 11.5 Å². The van der Waals surface area contributed by atoms with Gasteiger partial charge in [0.2, 0.25) is 0 Å². The molecule has 4 aromatic heterocycles. The van der Waals surface area contributed by atoms with Crippen molar-refractivity contribution in [3.63, 3.8) is 0 Å². The van der Waals surface area contributed by atoms with Crippen LogP contribution in [-0.4, -0.2) is 59.6 Å². The first-order valence-corrected chi connectivity index (χ1v) is 11.6. The molecule has 5 heterocycles. The van der Waals surface area contributed by atoms with Crippen LogP contribution in [0.1, 0.15) is 37.6 Å². The summed E-state index contributed by atoms with van der Waals surface area (Å²) < 4.78 is 12.3. The summed E-state index contributed by atoms with van der Waals surface area (Å²) in [5.41, 5.74) is 4.74. The third-order valence-corrected chi connectivity index (χ3v) is 6.91. The molecule has 1 aliphatic heterocycles. The highest BCUT2D eigenvalue weighted by Crippen LogP contribution is 2.32. The first kappa shape index (κ1) is 21.0. The zero-order valence-electron chi connectivity index (χ0n) is 18.6. The van der Waals surface area contributed by atoms with Crippen LogP contribution in [0.3, 0.4) is 0 Å². The number of methoxy groups -OCH3 is 1. The maximum absolute atomic E-state index is 5.52. The minimum Gasteiger partial charge on any atom is -0.383 e. The monoisotopic (exact) mass is 452 g/mol. The molecule has 10 heteroatoms. The van der Waals surface area contributed by atoms with Crippen LogP contribution in [0.15, 0.2) is 30.9 Å². The van der Waals surface area contributed by atoms with E-state index < -0.39 is 0 Å². The normalized spacial score (nSPS) is 19.6. The maximum atomic E-state index is 5.52. The van der Waals surface area contributed by atoms with E-state index in [9.17, 15) is 0 Å². The maximum Gasteiger partial charge on any atom is 0.180 e. The molecular weight excluding hydrogens is 424 g/mol. The molecule has 0 aliphatic carbocycles. The van der Waals surface area contributed by atoms with Crippen molar-refractivity contribution < 1.29 is 4.74 Å². The van der Waals surface area contributed by atoms with E-state index in [0.717, 1.165) is 65.2 Å². The summed E-state index contributed by atoms with van der Waals surface area (Å²) in [7, 11) is 1.78. The predicted octanol–water partition coefficient (Wildman–Crippen LogP) is 4.02. The first-order chi connectivity index (χ1) is 15.6. The van der Waals surface area contributed by atoms with E-state index >= 15 is 0 Å².